The van der Waals surface area contributed by atoms with Crippen LogP contribution in [0.1, 0.15) is 39.5 Å². The molecular weight excluding hydrogens is 304 g/mol. The molecule has 2 aromatic heterocycles. The zero-order chi connectivity index (χ0) is 17.0. The number of unbranched alkanes of at least 4 members (excludes halogenated alkanes) is 2. The predicted molar refractivity (Wildman–Crippen MR) is 91.0 cm³/mol. The van der Waals surface area contributed by atoms with E-state index in [0.29, 0.717) is 26.7 Å². The molecule has 0 aliphatic rings. The Hall–Kier alpha value is -1.66. The highest BCUT2D eigenvalue weighted by molar-refractivity contribution is 4.66. The van der Waals surface area contributed by atoms with E-state index in [-0.39, 0.29) is 0 Å². The second-order valence-corrected chi connectivity index (χ2v) is 6.11. The molecule has 0 radical (unpaired) electrons. The van der Waals surface area contributed by atoms with E-state index in [4.69, 9.17) is 9.47 Å². The molecule has 134 valence electrons. The highest BCUT2D eigenvalue weighted by atomic mass is 16.5. The molecule has 6 heteroatoms. The van der Waals surface area contributed by atoms with E-state index in [1.54, 1.807) is 0 Å². The van der Waals surface area contributed by atoms with Gasteiger partial charge in [0.05, 0.1) is 26.3 Å². The summed E-state index contributed by atoms with van der Waals surface area (Å²) in [7, 11) is 0. The highest BCUT2D eigenvalue weighted by Gasteiger charge is 2.04. The molecule has 0 aliphatic carbocycles. The van der Waals surface area contributed by atoms with E-state index in [9.17, 15) is 0 Å². The van der Waals surface area contributed by atoms with E-state index >= 15 is 0 Å². The maximum atomic E-state index is 5.64. The molecule has 0 saturated heterocycles. The van der Waals surface area contributed by atoms with Gasteiger partial charge in [-0.15, -0.1) is 0 Å². The van der Waals surface area contributed by atoms with E-state index < -0.39 is 0 Å². The third kappa shape index (κ3) is 6.84. The monoisotopic (exact) mass is 336 g/mol. The minimum Gasteiger partial charge on any atom is -0.339 e. The standard InChI is InChI=1S/C18H32N4O2/c1-3-5-7-19-9-11-21(15-19)17-23-13-14-24-18-22-12-10-20(16-22)8-6-4-2/h9-12,15-16H,3-8,13-14,17-18H2,1-2H3/q+2. The molecule has 2 rings (SSSR count). The fourth-order valence-electron chi connectivity index (χ4n) is 2.43. The molecule has 0 N–H and O–H groups in total. The van der Waals surface area contributed by atoms with Gasteiger partial charge in [0.2, 0.25) is 12.7 Å². The Morgan fingerprint density at radius 3 is 1.62 bits per heavy atom. The maximum Gasteiger partial charge on any atom is 0.245 e. The third-order valence-corrected chi connectivity index (χ3v) is 3.88. The summed E-state index contributed by atoms with van der Waals surface area (Å²) in [6.45, 7) is 8.90. The molecule has 2 aromatic rings. The lowest BCUT2D eigenvalue weighted by molar-refractivity contribution is -0.737. The second-order valence-electron chi connectivity index (χ2n) is 6.11. The Morgan fingerprint density at radius 1 is 0.750 bits per heavy atom. The maximum absolute atomic E-state index is 5.64. The van der Waals surface area contributed by atoms with Gasteiger partial charge in [0.25, 0.3) is 0 Å². The fourth-order valence-corrected chi connectivity index (χ4v) is 2.43. The van der Waals surface area contributed by atoms with Crippen LogP contribution in [0.2, 0.25) is 0 Å². The van der Waals surface area contributed by atoms with Gasteiger partial charge in [0.1, 0.15) is 24.8 Å². The normalized spacial score (nSPS) is 11.2. The number of aromatic nitrogens is 4. The van der Waals surface area contributed by atoms with Crippen LogP contribution in [-0.4, -0.2) is 22.3 Å². The van der Waals surface area contributed by atoms with E-state index in [0.717, 1.165) is 13.1 Å². The molecule has 6 nitrogen and oxygen atoms in total. The molecule has 0 aliphatic heterocycles. The molecular formula is C18H32N4O2+2. The predicted octanol–water partition coefficient (Wildman–Crippen LogP) is 2.11. The van der Waals surface area contributed by atoms with E-state index in [1.165, 1.54) is 25.7 Å². The molecule has 0 fully saturated rings. The number of imidazole rings is 2. The van der Waals surface area contributed by atoms with Crippen LogP contribution in [0, 0.1) is 0 Å². The summed E-state index contributed by atoms with van der Waals surface area (Å²) in [5, 5.41) is 0. The molecule has 0 spiro atoms. The van der Waals surface area contributed by atoms with Crippen LogP contribution in [0.4, 0.5) is 0 Å². The number of nitrogens with zero attached hydrogens (tertiary/aromatic N) is 4. The summed E-state index contributed by atoms with van der Waals surface area (Å²) in [6, 6.07) is 0. The average molecular weight is 336 g/mol. The Morgan fingerprint density at radius 2 is 1.21 bits per heavy atom. The van der Waals surface area contributed by atoms with E-state index in [2.05, 4.69) is 57.2 Å². The Labute approximate surface area is 145 Å². The van der Waals surface area contributed by atoms with Crippen molar-refractivity contribution in [1.29, 1.82) is 0 Å². The number of hydrogen-bond acceptors (Lipinski definition) is 2. The summed E-state index contributed by atoms with van der Waals surface area (Å²) in [5.74, 6) is 0. The first-order valence-corrected chi connectivity index (χ1v) is 9.07. The van der Waals surface area contributed by atoms with Crippen molar-refractivity contribution in [2.24, 2.45) is 0 Å². The second kappa shape index (κ2) is 11.0. The lowest BCUT2D eigenvalue weighted by Crippen LogP contribution is -2.35. The van der Waals surface area contributed by atoms with Crippen LogP contribution in [0.25, 0.3) is 0 Å². The number of ether oxygens (including phenoxy) is 2. The van der Waals surface area contributed by atoms with Gasteiger partial charge in [-0.1, -0.05) is 26.7 Å². The van der Waals surface area contributed by atoms with Crippen LogP contribution in [-0.2, 0) is 36.0 Å². The van der Waals surface area contributed by atoms with Crippen molar-refractivity contribution in [3.05, 3.63) is 37.4 Å². The van der Waals surface area contributed by atoms with Crippen molar-refractivity contribution in [2.45, 2.75) is 66.1 Å². The van der Waals surface area contributed by atoms with Crippen molar-refractivity contribution in [3.63, 3.8) is 0 Å². The molecule has 24 heavy (non-hydrogen) atoms. The molecule has 0 amide bonds. The lowest BCUT2D eigenvalue weighted by atomic mass is 10.3. The molecule has 2 heterocycles. The van der Waals surface area contributed by atoms with Gasteiger partial charge in [0.15, 0.2) is 13.5 Å². The Kier molecular flexibility index (Phi) is 8.55. The minimum absolute atomic E-state index is 0.572. The Balaban J connectivity index is 1.53. The van der Waals surface area contributed by atoms with Crippen LogP contribution in [0.3, 0.4) is 0 Å². The van der Waals surface area contributed by atoms with Gasteiger partial charge >= 0.3 is 0 Å². The minimum atomic E-state index is 0.572. The van der Waals surface area contributed by atoms with Crippen molar-refractivity contribution in [2.75, 3.05) is 13.2 Å². The van der Waals surface area contributed by atoms with Gasteiger partial charge in [-0.05, 0) is 12.8 Å². The zero-order valence-corrected chi connectivity index (χ0v) is 15.1. The van der Waals surface area contributed by atoms with Crippen LogP contribution in [0.5, 0.6) is 0 Å². The van der Waals surface area contributed by atoms with Crippen LogP contribution < -0.4 is 9.13 Å². The van der Waals surface area contributed by atoms with Gasteiger partial charge in [-0.25, -0.2) is 18.3 Å². The Bertz CT molecular complexity index is 515. The third-order valence-electron chi connectivity index (χ3n) is 3.88. The summed E-state index contributed by atoms with van der Waals surface area (Å²) in [6.07, 6.45) is 17.3. The van der Waals surface area contributed by atoms with Crippen molar-refractivity contribution >= 4 is 0 Å². The number of rotatable bonds is 13. The first kappa shape index (κ1) is 18.7. The first-order chi connectivity index (χ1) is 11.8. The zero-order valence-electron chi connectivity index (χ0n) is 15.1. The lowest BCUT2D eigenvalue weighted by Gasteiger charge is -2.02. The van der Waals surface area contributed by atoms with Gasteiger partial charge in [-0.3, -0.25) is 0 Å². The number of aryl methyl sites for hydroxylation is 2. The SMILES string of the molecule is CCCCn1cc[n+](COCCOC[n+]2ccn(CCCC)c2)c1. The summed E-state index contributed by atoms with van der Waals surface area (Å²) in [5.41, 5.74) is 0. The van der Waals surface area contributed by atoms with Gasteiger partial charge in [-0.2, -0.15) is 0 Å². The van der Waals surface area contributed by atoms with Gasteiger partial charge < -0.3 is 9.47 Å². The van der Waals surface area contributed by atoms with E-state index in [1.807, 2.05) is 12.4 Å². The van der Waals surface area contributed by atoms with Crippen molar-refractivity contribution in [3.8, 4) is 0 Å². The largest absolute Gasteiger partial charge is 0.339 e. The van der Waals surface area contributed by atoms with Crippen molar-refractivity contribution in [1.82, 2.24) is 9.13 Å². The number of hydrogen-bond donors (Lipinski definition) is 0. The summed E-state index contributed by atoms with van der Waals surface area (Å²) < 4.78 is 19.8. The quantitative estimate of drug-likeness (QED) is 0.415. The molecule has 0 bridgehead atoms. The molecule has 0 saturated carbocycles. The molecule has 0 aromatic carbocycles. The fraction of sp³-hybridized carbons (Fsp3) is 0.667. The average Bonchev–Trinajstić information content (AvgIpc) is 3.23. The smallest absolute Gasteiger partial charge is 0.245 e. The van der Waals surface area contributed by atoms with Crippen LogP contribution in [0.15, 0.2) is 37.4 Å². The van der Waals surface area contributed by atoms with Crippen LogP contribution >= 0.6 is 0 Å². The topological polar surface area (TPSA) is 36.1 Å². The highest BCUT2D eigenvalue weighted by Crippen LogP contribution is 1.94. The first-order valence-electron chi connectivity index (χ1n) is 9.07. The summed E-state index contributed by atoms with van der Waals surface area (Å²) >= 11 is 0. The van der Waals surface area contributed by atoms with Crippen molar-refractivity contribution < 1.29 is 18.6 Å². The summed E-state index contributed by atoms with van der Waals surface area (Å²) in [4.78, 5) is 0. The molecule has 0 atom stereocenters. The molecule has 0 unspecified atom stereocenters. The van der Waals surface area contributed by atoms with Gasteiger partial charge in [0, 0.05) is 0 Å².